The molecule has 1 saturated carbocycles. The van der Waals surface area contributed by atoms with Crippen molar-refractivity contribution in [2.45, 2.75) is 48.6 Å². The van der Waals surface area contributed by atoms with Gasteiger partial charge >= 0.3 is 0 Å². The Morgan fingerprint density at radius 1 is 1.25 bits per heavy atom. The largest absolute Gasteiger partial charge is 0.229 e. The standard InChI is InChI=1S/C16H23BrO2S/c1-20(18,19)15-9-5-6-13(12-15)10-11-16(17)14-7-3-2-4-8-14/h2-4,7-8,13,15-16H,5-6,9-12H2,1H3. The van der Waals surface area contributed by atoms with E-state index in [9.17, 15) is 8.42 Å². The van der Waals surface area contributed by atoms with Crippen molar-refractivity contribution < 1.29 is 8.42 Å². The highest BCUT2D eigenvalue weighted by Gasteiger charge is 2.28. The fourth-order valence-electron chi connectivity index (χ4n) is 3.10. The third-order valence-electron chi connectivity index (χ3n) is 4.33. The van der Waals surface area contributed by atoms with Crippen LogP contribution >= 0.6 is 15.9 Å². The molecule has 2 rings (SSSR count). The van der Waals surface area contributed by atoms with Crippen molar-refractivity contribution in [2.24, 2.45) is 5.92 Å². The summed E-state index contributed by atoms with van der Waals surface area (Å²) in [6, 6.07) is 10.4. The van der Waals surface area contributed by atoms with Crippen LogP contribution in [0.2, 0.25) is 0 Å². The number of alkyl halides is 1. The molecule has 0 aliphatic heterocycles. The number of rotatable bonds is 5. The fraction of sp³-hybridized carbons (Fsp3) is 0.625. The van der Waals surface area contributed by atoms with Crippen LogP contribution in [-0.2, 0) is 9.84 Å². The number of hydrogen-bond acceptors (Lipinski definition) is 2. The van der Waals surface area contributed by atoms with Gasteiger partial charge < -0.3 is 0 Å². The summed E-state index contributed by atoms with van der Waals surface area (Å²) in [5.41, 5.74) is 1.31. The van der Waals surface area contributed by atoms with Crippen molar-refractivity contribution in [2.75, 3.05) is 6.26 Å². The van der Waals surface area contributed by atoms with Gasteiger partial charge in [0.1, 0.15) is 9.84 Å². The van der Waals surface area contributed by atoms with Crippen LogP contribution in [0.15, 0.2) is 30.3 Å². The van der Waals surface area contributed by atoms with Crippen molar-refractivity contribution >= 4 is 25.8 Å². The number of hydrogen-bond donors (Lipinski definition) is 0. The lowest BCUT2D eigenvalue weighted by Crippen LogP contribution is -2.27. The van der Waals surface area contributed by atoms with E-state index in [-0.39, 0.29) is 5.25 Å². The highest BCUT2D eigenvalue weighted by molar-refractivity contribution is 9.09. The van der Waals surface area contributed by atoms with Gasteiger partial charge in [0, 0.05) is 11.1 Å². The second kappa shape index (κ2) is 7.08. The van der Waals surface area contributed by atoms with Gasteiger partial charge in [0.05, 0.1) is 5.25 Å². The van der Waals surface area contributed by atoms with E-state index in [0.717, 1.165) is 32.1 Å². The molecule has 0 spiro atoms. The van der Waals surface area contributed by atoms with Crippen LogP contribution in [0.4, 0.5) is 0 Å². The van der Waals surface area contributed by atoms with Gasteiger partial charge in [-0.3, -0.25) is 0 Å². The molecular weight excluding hydrogens is 336 g/mol. The van der Waals surface area contributed by atoms with Crippen LogP contribution < -0.4 is 0 Å². The summed E-state index contributed by atoms with van der Waals surface area (Å²) >= 11 is 3.75. The molecule has 2 nitrogen and oxygen atoms in total. The number of halogens is 1. The van der Waals surface area contributed by atoms with E-state index in [4.69, 9.17) is 0 Å². The van der Waals surface area contributed by atoms with Crippen LogP contribution in [0.25, 0.3) is 0 Å². The summed E-state index contributed by atoms with van der Waals surface area (Å²) in [7, 11) is -2.86. The first-order chi connectivity index (χ1) is 9.47. The van der Waals surface area contributed by atoms with Crippen molar-refractivity contribution in [3.63, 3.8) is 0 Å². The van der Waals surface area contributed by atoms with Crippen LogP contribution in [0.3, 0.4) is 0 Å². The SMILES string of the molecule is CS(=O)(=O)C1CCCC(CCC(Br)c2ccccc2)C1. The van der Waals surface area contributed by atoms with Gasteiger partial charge in [-0.25, -0.2) is 8.42 Å². The predicted octanol–water partition coefficient (Wildman–Crippen LogP) is 4.51. The first kappa shape index (κ1) is 16.0. The van der Waals surface area contributed by atoms with E-state index in [1.807, 2.05) is 6.07 Å². The molecule has 0 radical (unpaired) electrons. The van der Waals surface area contributed by atoms with E-state index in [1.54, 1.807) is 0 Å². The molecule has 0 heterocycles. The summed E-state index contributed by atoms with van der Waals surface area (Å²) in [4.78, 5) is 0.377. The maximum atomic E-state index is 11.7. The Balaban J connectivity index is 1.85. The lowest BCUT2D eigenvalue weighted by molar-refractivity contribution is 0.332. The summed E-state index contributed by atoms with van der Waals surface area (Å²) in [5.74, 6) is 0.562. The number of sulfone groups is 1. The zero-order valence-corrected chi connectivity index (χ0v) is 14.4. The summed E-state index contributed by atoms with van der Waals surface area (Å²) in [5, 5.41) is -0.105. The van der Waals surface area contributed by atoms with Gasteiger partial charge in [0.15, 0.2) is 0 Å². The average molecular weight is 359 g/mol. The molecule has 4 heteroatoms. The molecule has 20 heavy (non-hydrogen) atoms. The van der Waals surface area contributed by atoms with Gasteiger partial charge in [-0.1, -0.05) is 59.1 Å². The van der Waals surface area contributed by atoms with Crippen molar-refractivity contribution in [3.8, 4) is 0 Å². The summed E-state index contributed by atoms with van der Waals surface area (Å²) in [6.07, 6.45) is 7.51. The maximum absolute atomic E-state index is 11.7. The van der Waals surface area contributed by atoms with E-state index in [1.165, 1.54) is 18.2 Å². The molecule has 112 valence electrons. The van der Waals surface area contributed by atoms with Crippen molar-refractivity contribution in [1.82, 2.24) is 0 Å². The monoisotopic (exact) mass is 358 g/mol. The van der Waals surface area contributed by atoms with Crippen molar-refractivity contribution in [1.29, 1.82) is 0 Å². The minimum absolute atomic E-state index is 0.105. The topological polar surface area (TPSA) is 34.1 Å². The normalized spacial score (nSPS) is 25.3. The van der Waals surface area contributed by atoms with Crippen LogP contribution in [0.1, 0.15) is 48.9 Å². The highest BCUT2D eigenvalue weighted by atomic mass is 79.9. The van der Waals surface area contributed by atoms with E-state index < -0.39 is 9.84 Å². The van der Waals surface area contributed by atoms with E-state index >= 15 is 0 Å². The Labute approximate surface area is 131 Å². The Morgan fingerprint density at radius 2 is 1.95 bits per heavy atom. The van der Waals surface area contributed by atoms with Crippen LogP contribution in [-0.4, -0.2) is 19.9 Å². The second-order valence-corrected chi connectivity index (χ2v) is 9.37. The quantitative estimate of drug-likeness (QED) is 0.725. The van der Waals surface area contributed by atoms with Gasteiger partial charge in [0.25, 0.3) is 0 Å². The molecule has 3 unspecified atom stereocenters. The van der Waals surface area contributed by atoms with E-state index in [2.05, 4.69) is 40.2 Å². The Morgan fingerprint density at radius 3 is 2.60 bits per heavy atom. The van der Waals surface area contributed by atoms with Gasteiger partial charge in [-0.05, 0) is 37.2 Å². The minimum atomic E-state index is -2.86. The predicted molar refractivity (Wildman–Crippen MR) is 87.9 cm³/mol. The summed E-state index contributed by atoms with van der Waals surface area (Å²) in [6.45, 7) is 0. The molecule has 0 saturated heterocycles. The molecule has 3 atom stereocenters. The molecule has 1 aromatic carbocycles. The van der Waals surface area contributed by atoms with Crippen LogP contribution in [0, 0.1) is 5.92 Å². The average Bonchev–Trinajstić information content (AvgIpc) is 2.45. The number of benzene rings is 1. The van der Waals surface area contributed by atoms with Gasteiger partial charge in [-0.2, -0.15) is 0 Å². The Kier molecular flexibility index (Phi) is 5.67. The first-order valence-corrected chi connectivity index (χ1v) is 10.2. The minimum Gasteiger partial charge on any atom is -0.229 e. The molecular formula is C16H23BrO2S. The lowest BCUT2D eigenvalue weighted by Gasteiger charge is -2.28. The van der Waals surface area contributed by atoms with Gasteiger partial charge in [-0.15, -0.1) is 0 Å². The molecule has 1 aliphatic carbocycles. The van der Waals surface area contributed by atoms with Gasteiger partial charge in [0.2, 0.25) is 0 Å². The third kappa shape index (κ3) is 4.59. The molecule has 1 fully saturated rings. The third-order valence-corrected chi connectivity index (χ3v) is 6.96. The second-order valence-electron chi connectivity index (χ2n) is 5.94. The molecule has 0 N–H and O–H groups in total. The lowest BCUT2D eigenvalue weighted by atomic mass is 9.85. The van der Waals surface area contributed by atoms with Crippen molar-refractivity contribution in [3.05, 3.63) is 35.9 Å². The molecule has 0 aromatic heterocycles. The summed E-state index contributed by atoms with van der Waals surface area (Å²) < 4.78 is 23.4. The highest BCUT2D eigenvalue weighted by Crippen LogP contribution is 2.35. The molecule has 1 aliphatic rings. The molecule has 0 bridgehead atoms. The van der Waals surface area contributed by atoms with E-state index in [0.29, 0.717) is 10.7 Å². The van der Waals surface area contributed by atoms with Crippen LogP contribution in [0.5, 0.6) is 0 Å². The smallest absolute Gasteiger partial charge is 0.150 e. The maximum Gasteiger partial charge on any atom is 0.150 e. The zero-order valence-electron chi connectivity index (χ0n) is 12.0. The molecule has 0 amide bonds. The first-order valence-electron chi connectivity index (χ1n) is 7.34. The molecule has 1 aromatic rings. The Hall–Kier alpha value is -0.350. The zero-order chi connectivity index (χ0) is 14.6. The Bertz CT molecular complexity index is 513. The fourth-order valence-corrected chi connectivity index (χ4v) is 4.89.